The van der Waals surface area contributed by atoms with Gasteiger partial charge in [0, 0.05) is 6.21 Å². The zero-order chi connectivity index (χ0) is 17.2. The van der Waals surface area contributed by atoms with E-state index in [1.807, 2.05) is 36.4 Å². The first kappa shape index (κ1) is 18.2. The lowest BCUT2D eigenvalue weighted by molar-refractivity contribution is -0.123. The number of hydrogen-bond acceptors (Lipinski definition) is 3. The summed E-state index contributed by atoms with van der Waals surface area (Å²) < 4.78 is 6.34. The number of halogens is 1. The molecule has 0 unspecified atom stereocenters. The average molecular weight is 389 g/mol. The molecule has 1 amide bonds. The molecular formula is C19H21BrN2O2. The van der Waals surface area contributed by atoms with Crippen LogP contribution in [0.4, 0.5) is 0 Å². The summed E-state index contributed by atoms with van der Waals surface area (Å²) in [6.45, 7) is 2.02. The number of carbonyl (C=O) groups is 1. The number of carbonyl (C=O) groups excluding carboxylic acids is 1. The van der Waals surface area contributed by atoms with Gasteiger partial charge in [0.15, 0.2) is 6.61 Å². The summed E-state index contributed by atoms with van der Waals surface area (Å²) in [6, 6.07) is 16.0. The molecule has 0 saturated heterocycles. The second-order valence-corrected chi connectivity index (χ2v) is 6.13. The number of aryl methyl sites for hydroxylation is 2. The minimum absolute atomic E-state index is 0.0693. The van der Waals surface area contributed by atoms with Crippen molar-refractivity contribution in [2.24, 2.45) is 5.10 Å². The molecule has 0 radical (unpaired) electrons. The lowest BCUT2D eigenvalue weighted by atomic mass is 10.1. The highest BCUT2D eigenvalue weighted by Crippen LogP contribution is 2.26. The predicted octanol–water partition coefficient (Wildman–Crippen LogP) is 4.13. The van der Waals surface area contributed by atoms with Gasteiger partial charge < -0.3 is 4.74 Å². The highest BCUT2D eigenvalue weighted by atomic mass is 79.9. The molecule has 5 heteroatoms. The molecule has 4 nitrogen and oxygen atoms in total. The van der Waals surface area contributed by atoms with E-state index in [9.17, 15) is 4.79 Å². The highest BCUT2D eigenvalue weighted by Gasteiger charge is 2.05. The van der Waals surface area contributed by atoms with Crippen LogP contribution in [0.1, 0.15) is 24.5 Å². The summed E-state index contributed by atoms with van der Waals surface area (Å²) >= 11 is 3.45. The lowest BCUT2D eigenvalue weighted by Gasteiger charge is -2.08. The van der Waals surface area contributed by atoms with Gasteiger partial charge in [-0.25, -0.2) is 5.43 Å². The minimum atomic E-state index is -0.280. The third-order valence-corrected chi connectivity index (χ3v) is 4.07. The fraction of sp³-hybridized carbons (Fsp3) is 0.263. The quantitative estimate of drug-likeness (QED) is 0.545. The molecule has 0 atom stereocenters. The van der Waals surface area contributed by atoms with Crippen molar-refractivity contribution in [2.75, 3.05) is 6.61 Å². The Balaban J connectivity index is 1.69. The Labute approximate surface area is 151 Å². The van der Waals surface area contributed by atoms with E-state index in [0.29, 0.717) is 5.75 Å². The van der Waals surface area contributed by atoms with Gasteiger partial charge in [-0.15, -0.1) is 0 Å². The molecule has 2 aromatic rings. The number of nitrogens with one attached hydrogen (secondary N) is 1. The van der Waals surface area contributed by atoms with Crippen LogP contribution in [0.15, 0.2) is 58.1 Å². The number of hydrogen-bond donors (Lipinski definition) is 1. The van der Waals surface area contributed by atoms with E-state index in [1.54, 1.807) is 6.21 Å². The first-order valence-corrected chi connectivity index (χ1v) is 8.74. The Morgan fingerprint density at radius 2 is 2.00 bits per heavy atom. The van der Waals surface area contributed by atoms with Crippen LogP contribution < -0.4 is 10.2 Å². The fourth-order valence-corrected chi connectivity index (χ4v) is 2.66. The standard InChI is InChI=1S/C19H21BrN2O2/c1-2-15-10-11-18(17(20)13-15)24-14-19(23)22-21-12-6-9-16-7-4-3-5-8-16/h3-5,7-8,10-13H,2,6,9,14H2,1H3,(H,22,23)/b21-12+. The van der Waals surface area contributed by atoms with Gasteiger partial charge in [-0.2, -0.15) is 5.10 Å². The number of ether oxygens (including phenoxy) is 1. The van der Waals surface area contributed by atoms with Crippen molar-refractivity contribution >= 4 is 28.1 Å². The molecule has 0 aromatic heterocycles. The summed E-state index contributed by atoms with van der Waals surface area (Å²) in [6.07, 6.45) is 4.33. The molecule has 24 heavy (non-hydrogen) atoms. The van der Waals surface area contributed by atoms with E-state index < -0.39 is 0 Å². The Hall–Kier alpha value is -2.14. The maximum absolute atomic E-state index is 11.7. The molecule has 0 bridgehead atoms. The van der Waals surface area contributed by atoms with Crippen LogP contribution in [-0.4, -0.2) is 18.7 Å². The SMILES string of the molecule is CCc1ccc(OCC(=O)N/N=C/CCc2ccccc2)c(Br)c1. The molecular weight excluding hydrogens is 368 g/mol. The monoisotopic (exact) mass is 388 g/mol. The lowest BCUT2D eigenvalue weighted by Crippen LogP contribution is -2.24. The maximum atomic E-state index is 11.7. The van der Waals surface area contributed by atoms with Gasteiger partial charge in [0.1, 0.15) is 5.75 Å². The predicted molar refractivity (Wildman–Crippen MR) is 100 cm³/mol. The molecule has 1 N–H and O–H groups in total. The van der Waals surface area contributed by atoms with Crippen molar-refractivity contribution in [3.05, 3.63) is 64.1 Å². The van der Waals surface area contributed by atoms with Crippen LogP contribution >= 0.6 is 15.9 Å². The molecule has 0 aliphatic carbocycles. The van der Waals surface area contributed by atoms with E-state index in [1.165, 1.54) is 11.1 Å². The van der Waals surface area contributed by atoms with Crippen LogP contribution in [-0.2, 0) is 17.6 Å². The van der Waals surface area contributed by atoms with Crippen molar-refractivity contribution in [1.29, 1.82) is 0 Å². The van der Waals surface area contributed by atoms with Crippen molar-refractivity contribution < 1.29 is 9.53 Å². The zero-order valence-corrected chi connectivity index (χ0v) is 15.3. The zero-order valence-electron chi connectivity index (χ0n) is 13.7. The van der Waals surface area contributed by atoms with Crippen LogP contribution in [0.5, 0.6) is 5.75 Å². The minimum Gasteiger partial charge on any atom is -0.483 e. The van der Waals surface area contributed by atoms with Gasteiger partial charge in [0.05, 0.1) is 4.47 Å². The van der Waals surface area contributed by atoms with Crippen molar-refractivity contribution in [1.82, 2.24) is 5.43 Å². The summed E-state index contributed by atoms with van der Waals surface area (Å²) in [4.78, 5) is 11.7. The van der Waals surface area contributed by atoms with Crippen LogP contribution in [0.25, 0.3) is 0 Å². The van der Waals surface area contributed by atoms with Crippen molar-refractivity contribution in [3.63, 3.8) is 0 Å². The van der Waals surface area contributed by atoms with E-state index >= 15 is 0 Å². The fourth-order valence-electron chi connectivity index (χ4n) is 2.11. The second-order valence-electron chi connectivity index (χ2n) is 5.28. The van der Waals surface area contributed by atoms with Crippen molar-refractivity contribution in [3.8, 4) is 5.75 Å². The topological polar surface area (TPSA) is 50.7 Å². The third-order valence-electron chi connectivity index (χ3n) is 3.45. The number of nitrogens with zero attached hydrogens (tertiary/aromatic N) is 1. The smallest absolute Gasteiger partial charge is 0.277 e. The van der Waals surface area contributed by atoms with Gasteiger partial charge >= 0.3 is 0 Å². The molecule has 0 heterocycles. The Morgan fingerprint density at radius 1 is 1.21 bits per heavy atom. The van der Waals surface area contributed by atoms with Crippen LogP contribution in [0.2, 0.25) is 0 Å². The summed E-state index contributed by atoms with van der Waals surface area (Å²) in [5, 5.41) is 3.93. The molecule has 0 aliphatic heterocycles. The van der Waals surface area contributed by atoms with Gasteiger partial charge in [0.25, 0.3) is 5.91 Å². The van der Waals surface area contributed by atoms with Gasteiger partial charge in [-0.05, 0) is 58.5 Å². The Bertz CT molecular complexity index is 687. The molecule has 126 valence electrons. The van der Waals surface area contributed by atoms with E-state index in [4.69, 9.17) is 4.74 Å². The molecule has 0 fully saturated rings. The first-order chi connectivity index (χ1) is 11.7. The number of amides is 1. The molecule has 2 aromatic carbocycles. The van der Waals surface area contributed by atoms with Crippen LogP contribution in [0.3, 0.4) is 0 Å². The maximum Gasteiger partial charge on any atom is 0.277 e. The van der Waals surface area contributed by atoms with Gasteiger partial charge in [-0.3, -0.25) is 4.79 Å². The molecule has 0 spiro atoms. The summed E-state index contributed by atoms with van der Waals surface area (Å²) in [5.74, 6) is 0.368. The average Bonchev–Trinajstić information content (AvgIpc) is 2.61. The number of hydrazone groups is 1. The van der Waals surface area contributed by atoms with Gasteiger partial charge in [-0.1, -0.05) is 43.3 Å². The third kappa shape index (κ3) is 6.16. The van der Waals surface area contributed by atoms with E-state index in [-0.39, 0.29) is 12.5 Å². The molecule has 2 rings (SSSR count). The number of benzene rings is 2. The highest BCUT2D eigenvalue weighted by molar-refractivity contribution is 9.10. The first-order valence-electron chi connectivity index (χ1n) is 7.94. The summed E-state index contributed by atoms with van der Waals surface area (Å²) in [5.41, 5.74) is 4.93. The molecule has 0 saturated carbocycles. The largest absolute Gasteiger partial charge is 0.483 e. The Kier molecular flexibility index (Phi) is 7.49. The van der Waals surface area contributed by atoms with Crippen LogP contribution in [0, 0.1) is 0 Å². The molecule has 0 aliphatic rings. The van der Waals surface area contributed by atoms with E-state index in [0.717, 1.165) is 23.7 Å². The van der Waals surface area contributed by atoms with Gasteiger partial charge in [0.2, 0.25) is 0 Å². The van der Waals surface area contributed by atoms with Crippen molar-refractivity contribution in [2.45, 2.75) is 26.2 Å². The summed E-state index contributed by atoms with van der Waals surface area (Å²) in [7, 11) is 0. The van der Waals surface area contributed by atoms with E-state index in [2.05, 4.69) is 45.5 Å². The normalized spacial score (nSPS) is 10.8. The number of rotatable bonds is 8. The Morgan fingerprint density at radius 3 is 2.71 bits per heavy atom. The second kappa shape index (κ2) is 9.88.